The van der Waals surface area contributed by atoms with E-state index < -0.39 is 0 Å². The maximum atomic E-state index is 9.41. The average molecular weight is 145 g/mol. The minimum atomic E-state index is -0.389. The predicted octanol–water partition coefficient (Wildman–Crippen LogP) is -0.664. The van der Waals surface area contributed by atoms with Crippen LogP contribution in [0.25, 0.3) is 0 Å². The van der Waals surface area contributed by atoms with Crippen LogP contribution in [0.5, 0.6) is 0 Å². The Labute approximate surface area is 61.1 Å². The van der Waals surface area contributed by atoms with Crippen molar-refractivity contribution in [2.75, 3.05) is 6.61 Å². The van der Waals surface area contributed by atoms with Gasteiger partial charge >= 0.3 is 0 Å². The summed E-state index contributed by atoms with van der Waals surface area (Å²) in [5.41, 5.74) is 0. The molecule has 3 nitrogen and oxygen atoms in total. The molecule has 1 rings (SSSR count). The van der Waals surface area contributed by atoms with Crippen LogP contribution in [0.3, 0.4) is 0 Å². The number of aliphatic hydroxyl groups is 2. The van der Waals surface area contributed by atoms with Crippen molar-refractivity contribution in [1.29, 1.82) is 0 Å². The van der Waals surface area contributed by atoms with Gasteiger partial charge in [-0.3, -0.25) is 0 Å². The van der Waals surface area contributed by atoms with Crippen molar-refractivity contribution in [2.24, 2.45) is 5.92 Å². The fraction of sp³-hybridized carbons (Fsp3) is 1.00. The third-order valence-corrected chi connectivity index (χ3v) is 2.41. The lowest BCUT2D eigenvalue weighted by Crippen LogP contribution is -2.35. The van der Waals surface area contributed by atoms with E-state index in [2.05, 4.69) is 5.32 Å². The van der Waals surface area contributed by atoms with E-state index >= 15 is 0 Å². The van der Waals surface area contributed by atoms with E-state index in [9.17, 15) is 5.11 Å². The van der Waals surface area contributed by atoms with Crippen LogP contribution in [-0.2, 0) is 0 Å². The Morgan fingerprint density at radius 2 is 2.00 bits per heavy atom. The molecular formula is C7H15NO2. The normalized spacial score (nSPS) is 48.0. The van der Waals surface area contributed by atoms with Gasteiger partial charge in [-0.05, 0) is 12.8 Å². The number of rotatable bonds is 1. The van der Waals surface area contributed by atoms with Gasteiger partial charge in [0.15, 0.2) is 0 Å². The second-order valence-corrected chi connectivity index (χ2v) is 3.09. The smallest absolute Gasteiger partial charge is 0.0755 e. The predicted molar refractivity (Wildman–Crippen MR) is 38.6 cm³/mol. The third-order valence-electron chi connectivity index (χ3n) is 2.41. The van der Waals surface area contributed by atoms with Gasteiger partial charge in [0.2, 0.25) is 0 Å². The molecule has 1 heterocycles. The lowest BCUT2D eigenvalue weighted by atomic mass is 10.00. The molecule has 0 saturated carbocycles. The monoisotopic (exact) mass is 145 g/mol. The highest BCUT2D eigenvalue weighted by Gasteiger charge is 2.35. The molecule has 0 radical (unpaired) electrons. The van der Waals surface area contributed by atoms with Crippen LogP contribution in [0.1, 0.15) is 13.8 Å². The van der Waals surface area contributed by atoms with Crippen molar-refractivity contribution in [3.63, 3.8) is 0 Å². The SMILES string of the molecule is C[C@@H]1[C@H](O)[C@@H](CO)N[C@H]1C. The molecule has 0 spiro atoms. The molecule has 1 aliphatic heterocycles. The minimum Gasteiger partial charge on any atom is -0.395 e. The summed E-state index contributed by atoms with van der Waals surface area (Å²) in [6.07, 6.45) is -0.389. The van der Waals surface area contributed by atoms with Crippen LogP contribution in [0.15, 0.2) is 0 Å². The zero-order chi connectivity index (χ0) is 7.72. The van der Waals surface area contributed by atoms with Gasteiger partial charge in [-0.2, -0.15) is 0 Å². The summed E-state index contributed by atoms with van der Waals surface area (Å²) in [6, 6.07) is 0.192. The fourth-order valence-corrected chi connectivity index (χ4v) is 1.41. The Hall–Kier alpha value is -0.120. The van der Waals surface area contributed by atoms with E-state index in [1.165, 1.54) is 0 Å². The van der Waals surface area contributed by atoms with E-state index in [1.807, 2.05) is 13.8 Å². The lowest BCUT2D eigenvalue weighted by molar-refractivity contribution is 0.0938. The first-order valence-electron chi connectivity index (χ1n) is 3.71. The Morgan fingerprint density at radius 1 is 1.40 bits per heavy atom. The van der Waals surface area contributed by atoms with Crippen molar-refractivity contribution in [3.8, 4) is 0 Å². The van der Waals surface area contributed by atoms with Gasteiger partial charge in [0.05, 0.1) is 18.8 Å². The molecule has 1 fully saturated rings. The maximum absolute atomic E-state index is 9.41. The van der Waals surface area contributed by atoms with Crippen LogP contribution >= 0.6 is 0 Å². The summed E-state index contributed by atoms with van der Waals surface area (Å²) in [5, 5.41) is 21.3. The summed E-state index contributed by atoms with van der Waals surface area (Å²) in [4.78, 5) is 0. The van der Waals surface area contributed by atoms with Gasteiger partial charge in [0.1, 0.15) is 0 Å². The zero-order valence-corrected chi connectivity index (χ0v) is 6.41. The Morgan fingerprint density at radius 3 is 2.20 bits per heavy atom. The van der Waals surface area contributed by atoms with Crippen molar-refractivity contribution in [2.45, 2.75) is 32.0 Å². The van der Waals surface area contributed by atoms with Crippen LogP contribution in [0, 0.1) is 5.92 Å². The molecule has 0 aliphatic carbocycles. The lowest BCUT2D eigenvalue weighted by Gasteiger charge is -2.12. The summed E-state index contributed by atoms with van der Waals surface area (Å²) < 4.78 is 0. The van der Waals surface area contributed by atoms with Gasteiger partial charge in [-0.25, -0.2) is 0 Å². The van der Waals surface area contributed by atoms with Crippen molar-refractivity contribution < 1.29 is 10.2 Å². The van der Waals surface area contributed by atoms with E-state index in [0.717, 1.165) is 0 Å². The van der Waals surface area contributed by atoms with Crippen LogP contribution in [0.2, 0.25) is 0 Å². The van der Waals surface area contributed by atoms with Gasteiger partial charge in [-0.15, -0.1) is 0 Å². The van der Waals surface area contributed by atoms with Crippen LogP contribution < -0.4 is 5.32 Å². The van der Waals surface area contributed by atoms with Crippen molar-refractivity contribution in [3.05, 3.63) is 0 Å². The largest absolute Gasteiger partial charge is 0.395 e. The highest BCUT2D eigenvalue weighted by atomic mass is 16.3. The van der Waals surface area contributed by atoms with E-state index in [4.69, 9.17) is 5.11 Å². The highest BCUT2D eigenvalue weighted by molar-refractivity contribution is 4.93. The summed E-state index contributed by atoms with van der Waals surface area (Å²) >= 11 is 0. The van der Waals surface area contributed by atoms with Gasteiger partial charge < -0.3 is 15.5 Å². The number of nitrogens with one attached hydrogen (secondary N) is 1. The fourth-order valence-electron chi connectivity index (χ4n) is 1.41. The topological polar surface area (TPSA) is 52.5 Å². The second kappa shape index (κ2) is 2.86. The highest BCUT2D eigenvalue weighted by Crippen LogP contribution is 2.19. The molecule has 0 unspecified atom stereocenters. The van der Waals surface area contributed by atoms with Crippen molar-refractivity contribution >= 4 is 0 Å². The molecule has 1 saturated heterocycles. The van der Waals surface area contributed by atoms with E-state index in [1.54, 1.807) is 0 Å². The first-order chi connectivity index (χ1) is 4.66. The van der Waals surface area contributed by atoms with Crippen LogP contribution in [-0.4, -0.2) is 35.0 Å². The molecule has 0 bridgehead atoms. The molecule has 0 amide bonds. The Kier molecular flexibility index (Phi) is 2.28. The molecule has 60 valence electrons. The quantitative estimate of drug-likeness (QED) is 0.459. The van der Waals surface area contributed by atoms with Crippen molar-refractivity contribution in [1.82, 2.24) is 5.32 Å². The number of hydrogen-bond acceptors (Lipinski definition) is 3. The molecule has 1 aliphatic rings. The first-order valence-corrected chi connectivity index (χ1v) is 3.71. The number of aliphatic hydroxyl groups excluding tert-OH is 2. The first kappa shape index (κ1) is 7.98. The van der Waals surface area contributed by atoms with Crippen LogP contribution in [0.4, 0.5) is 0 Å². The summed E-state index contributed by atoms with van der Waals surface area (Å²) in [7, 11) is 0. The van der Waals surface area contributed by atoms with Gasteiger partial charge in [-0.1, -0.05) is 6.92 Å². The molecule has 0 aromatic rings. The molecule has 3 heteroatoms. The minimum absolute atomic E-state index is 0.0237. The molecule has 4 atom stereocenters. The molecule has 0 aromatic heterocycles. The summed E-state index contributed by atoms with van der Waals surface area (Å²) in [5.74, 6) is 0.247. The van der Waals surface area contributed by atoms with E-state index in [-0.39, 0.29) is 24.7 Å². The molecule has 3 N–H and O–H groups in total. The summed E-state index contributed by atoms with van der Waals surface area (Å²) in [6.45, 7) is 4.03. The Balaban J connectivity index is 2.53. The standard InChI is InChI=1S/C7H15NO2/c1-4-5(2)8-6(3-9)7(4)10/h4-10H,3H2,1-2H3/t4-,5-,6+,7-/m0/s1. The second-order valence-electron chi connectivity index (χ2n) is 3.09. The van der Waals surface area contributed by atoms with Gasteiger partial charge in [0.25, 0.3) is 0 Å². The average Bonchev–Trinajstić information content (AvgIpc) is 2.17. The molecule has 10 heavy (non-hydrogen) atoms. The van der Waals surface area contributed by atoms with E-state index in [0.29, 0.717) is 6.04 Å². The number of hydrogen-bond donors (Lipinski definition) is 3. The van der Waals surface area contributed by atoms with Gasteiger partial charge in [0, 0.05) is 6.04 Å². The third kappa shape index (κ3) is 1.17. The molecular weight excluding hydrogens is 130 g/mol. The zero-order valence-electron chi connectivity index (χ0n) is 6.41. The maximum Gasteiger partial charge on any atom is 0.0755 e. The Bertz CT molecular complexity index is 118. The molecule has 0 aromatic carbocycles.